The lowest BCUT2D eigenvalue weighted by Gasteiger charge is -2.28. The number of nitrogens with two attached hydrogens (primary N) is 1. The van der Waals surface area contributed by atoms with Crippen molar-refractivity contribution >= 4 is 5.91 Å². The summed E-state index contributed by atoms with van der Waals surface area (Å²) in [7, 11) is 0. The van der Waals surface area contributed by atoms with E-state index in [0.29, 0.717) is 13.0 Å². The highest BCUT2D eigenvalue weighted by atomic mass is 16.1. The van der Waals surface area contributed by atoms with E-state index in [9.17, 15) is 4.79 Å². The van der Waals surface area contributed by atoms with Crippen LogP contribution in [0.1, 0.15) is 39.0 Å². The summed E-state index contributed by atoms with van der Waals surface area (Å²) in [5.74, 6) is 0.127. The molecule has 0 heterocycles. The van der Waals surface area contributed by atoms with Crippen molar-refractivity contribution in [3.63, 3.8) is 0 Å². The third-order valence-corrected chi connectivity index (χ3v) is 2.68. The van der Waals surface area contributed by atoms with E-state index in [-0.39, 0.29) is 11.4 Å². The minimum Gasteiger partial charge on any atom is -0.349 e. The normalized spacial score (nSPS) is 20.8. The Morgan fingerprint density at radius 1 is 1.50 bits per heavy atom. The topological polar surface area (TPSA) is 55.1 Å². The van der Waals surface area contributed by atoms with Crippen LogP contribution in [0, 0.1) is 0 Å². The Labute approximate surface area is 73.7 Å². The molecule has 1 amide bonds. The molecule has 0 aromatic heterocycles. The van der Waals surface area contributed by atoms with Crippen LogP contribution in [-0.2, 0) is 4.79 Å². The maximum absolute atomic E-state index is 11.2. The van der Waals surface area contributed by atoms with Gasteiger partial charge in [-0.15, -0.1) is 0 Å². The average molecular weight is 170 g/mol. The zero-order chi connectivity index (χ0) is 9.03. The predicted octanol–water partition coefficient (Wildman–Crippen LogP) is 0.784. The first kappa shape index (κ1) is 9.52. The standard InChI is InChI=1S/C9H18N2O/c1-2-8(12)11-9(7-10)5-3-4-6-9/h2-7,10H2,1H3,(H,11,12). The average Bonchev–Trinajstić information content (AvgIpc) is 2.54. The molecule has 3 nitrogen and oxygen atoms in total. The number of carbonyl (C=O) groups is 1. The minimum atomic E-state index is -0.0624. The highest BCUT2D eigenvalue weighted by Crippen LogP contribution is 2.28. The Hall–Kier alpha value is -0.570. The second-order valence-electron chi connectivity index (χ2n) is 3.59. The molecule has 0 radical (unpaired) electrons. The summed E-state index contributed by atoms with van der Waals surface area (Å²) < 4.78 is 0. The highest BCUT2D eigenvalue weighted by Gasteiger charge is 2.33. The van der Waals surface area contributed by atoms with Gasteiger partial charge in [0, 0.05) is 13.0 Å². The lowest BCUT2D eigenvalue weighted by molar-refractivity contribution is -0.122. The fourth-order valence-corrected chi connectivity index (χ4v) is 1.82. The predicted molar refractivity (Wildman–Crippen MR) is 48.7 cm³/mol. The van der Waals surface area contributed by atoms with Gasteiger partial charge in [0.15, 0.2) is 0 Å². The number of rotatable bonds is 3. The second-order valence-corrected chi connectivity index (χ2v) is 3.59. The Kier molecular flexibility index (Phi) is 3.09. The van der Waals surface area contributed by atoms with Crippen LogP contribution in [0.5, 0.6) is 0 Å². The van der Waals surface area contributed by atoms with Gasteiger partial charge in [0.25, 0.3) is 0 Å². The van der Waals surface area contributed by atoms with E-state index in [1.165, 1.54) is 12.8 Å². The van der Waals surface area contributed by atoms with Crippen molar-refractivity contribution in [1.29, 1.82) is 0 Å². The summed E-state index contributed by atoms with van der Waals surface area (Å²) >= 11 is 0. The second kappa shape index (κ2) is 3.90. The van der Waals surface area contributed by atoms with E-state index in [1.54, 1.807) is 0 Å². The lowest BCUT2D eigenvalue weighted by atomic mass is 9.98. The van der Waals surface area contributed by atoms with Crippen molar-refractivity contribution in [1.82, 2.24) is 5.32 Å². The van der Waals surface area contributed by atoms with Gasteiger partial charge in [0.2, 0.25) is 5.91 Å². The van der Waals surface area contributed by atoms with E-state index in [0.717, 1.165) is 12.8 Å². The smallest absolute Gasteiger partial charge is 0.220 e. The van der Waals surface area contributed by atoms with Gasteiger partial charge in [-0.2, -0.15) is 0 Å². The first-order valence-corrected chi connectivity index (χ1v) is 4.73. The molecular weight excluding hydrogens is 152 g/mol. The molecule has 0 bridgehead atoms. The van der Waals surface area contributed by atoms with Gasteiger partial charge >= 0.3 is 0 Å². The maximum Gasteiger partial charge on any atom is 0.220 e. The molecule has 3 heteroatoms. The lowest BCUT2D eigenvalue weighted by Crippen LogP contribution is -2.51. The molecule has 1 aliphatic carbocycles. The molecule has 3 N–H and O–H groups in total. The van der Waals surface area contributed by atoms with Crippen LogP contribution in [0.3, 0.4) is 0 Å². The molecule has 0 aliphatic heterocycles. The number of hydrogen-bond donors (Lipinski definition) is 2. The third-order valence-electron chi connectivity index (χ3n) is 2.68. The highest BCUT2D eigenvalue weighted by molar-refractivity contribution is 5.76. The van der Waals surface area contributed by atoms with Crippen molar-refractivity contribution in [3.8, 4) is 0 Å². The van der Waals surface area contributed by atoms with Crippen LogP contribution in [0.4, 0.5) is 0 Å². The Balaban J connectivity index is 2.49. The summed E-state index contributed by atoms with van der Waals surface area (Å²) in [5, 5.41) is 3.03. The molecule has 0 unspecified atom stereocenters. The molecule has 1 rings (SSSR count). The molecule has 0 spiro atoms. The van der Waals surface area contributed by atoms with Gasteiger partial charge in [-0.05, 0) is 12.8 Å². The van der Waals surface area contributed by atoms with E-state index in [2.05, 4.69) is 5.32 Å². The number of carbonyl (C=O) groups excluding carboxylic acids is 1. The summed E-state index contributed by atoms with van der Waals surface area (Å²) in [4.78, 5) is 11.2. The van der Waals surface area contributed by atoms with Gasteiger partial charge in [0.05, 0.1) is 5.54 Å². The molecule has 70 valence electrons. The van der Waals surface area contributed by atoms with E-state index >= 15 is 0 Å². The molecule has 1 fully saturated rings. The maximum atomic E-state index is 11.2. The molecule has 0 atom stereocenters. The number of nitrogens with one attached hydrogen (secondary N) is 1. The molecule has 1 saturated carbocycles. The van der Waals surface area contributed by atoms with Crippen molar-refractivity contribution in [2.24, 2.45) is 5.73 Å². The summed E-state index contributed by atoms with van der Waals surface area (Å²) in [6.45, 7) is 2.45. The Morgan fingerprint density at radius 2 is 2.08 bits per heavy atom. The fraction of sp³-hybridized carbons (Fsp3) is 0.889. The molecular formula is C9H18N2O. The van der Waals surface area contributed by atoms with E-state index < -0.39 is 0 Å². The first-order valence-electron chi connectivity index (χ1n) is 4.73. The minimum absolute atomic E-state index is 0.0624. The van der Waals surface area contributed by atoms with Crippen LogP contribution in [0.2, 0.25) is 0 Å². The Morgan fingerprint density at radius 3 is 2.50 bits per heavy atom. The third kappa shape index (κ3) is 1.97. The van der Waals surface area contributed by atoms with Gasteiger partial charge in [-0.1, -0.05) is 19.8 Å². The molecule has 12 heavy (non-hydrogen) atoms. The van der Waals surface area contributed by atoms with Crippen molar-refractivity contribution in [2.45, 2.75) is 44.6 Å². The largest absolute Gasteiger partial charge is 0.349 e. The zero-order valence-electron chi connectivity index (χ0n) is 7.73. The van der Waals surface area contributed by atoms with Crippen LogP contribution < -0.4 is 11.1 Å². The van der Waals surface area contributed by atoms with Crippen LogP contribution in [0.15, 0.2) is 0 Å². The molecule has 1 aliphatic rings. The Bertz CT molecular complexity index is 162. The van der Waals surface area contributed by atoms with Crippen LogP contribution >= 0.6 is 0 Å². The van der Waals surface area contributed by atoms with Crippen LogP contribution in [-0.4, -0.2) is 18.0 Å². The molecule has 0 aromatic rings. The SMILES string of the molecule is CCC(=O)NC1(CN)CCCC1. The fourth-order valence-electron chi connectivity index (χ4n) is 1.82. The van der Waals surface area contributed by atoms with Crippen molar-refractivity contribution in [3.05, 3.63) is 0 Å². The van der Waals surface area contributed by atoms with Gasteiger partial charge in [-0.25, -0.2) is 0 Å². The summed E-state index contributed by atoms with van der Waals surface area (Å²) in [6.07, 6.45) is 5.05. The first-order chi connectivity index (χ1) is 5.72. The van der Waals surface area contributed by atoms with E-state index in [4.69, 9.17) is 5.73 Å². The van der Waals surface area contributed by atoms with Gasteiger partial charge in [-0.3, -0.25) is 4.79 Å². The van der Waals surface area contributed by atoms with Crippen LogP contribution in [0.25, 0.3) is 0 Å². The van der Waals surface area contributed by atoms with Gasteiger partial charge < -0.3 is 11.1 Å². The number of amides is 1. The van der Waals surface area contributed by atoms with E-state index in [1.807, 2.05) is 6.92 Å². The number of hydrogen-bond acceptors (Lipinski definition) is 2. The molecule has 0 aromatic carbocycles. The quantitative estimate of drug-likeness (QED) is 0.657. The zero-order valence-corrected chi connectivity index (χ0v) is 7.73. The van der Waals surface area contributed by atoms with Gasteiger partial charge in [0.1, 0.15) is 0 Å². The monoisotopic (exact) mass is 170 g/mol. The summed E-state index contributed by atoms with van der Waals surface area (Å²) in [6, 6.07) is 0. The van der Waals surface area contributed by atoms with Crippen molar-refractivity contribution < 1.29 is 4.79 Å². The molecule has 0 saturated heterocycles. The summed E-state index contributed by atoms with van der Waals surface area (Å²) in [5.41, 5.74) is 5.59. The van der Waals surface area contributed by atoms with Crippen molar-refractivity contribution in [2.75, 3.05) is 6.54 Å².